The van der Waals surface area contributed by atoms with Gasteiger partial charge in [-0.2, -0.15) is 0 Å². The molecule has 2 aromatic carbocycles. The smallest absolute Gasteiger partial charge is 0.234 e. The minimum Gasteiger partial charge on any atom is -0.323 e. The Hall–Kier alpha value is -2.20. The third kappa shape index (κ3) is 2.20. The van der Waals surface area contributed by atoms with Crippen molar-refractivity contribution in [1.29, 1.82) is 0 Å². The number of hydrogen-bond acceptors (Lipinski definition) is 2. The topological polar surface area (TPSA) is 55.1 Å². The lowest BCUT2D eigenvalue weighted by atomic mass is 9.84. The van der Waals surface area contributed by atoms with Crippen LogP contribution >= 0.6 is 0 Å². The largest absolute Gasteiger partial charge is 0.323 e. The summed E-state index contributed by atoms with van der Waals surface area (Å²) in [6, 6.07) is 10.7. The molecule has 1 aliphatic heterocycles. The Morgan fingerprint density at radius 3 is 2.59 bits per heavy atom. The van der Waals surface area contributed by atoms with Crippen LogP contribution in [0, 0.1) is 12.7 Å². The quantitative estimate of drug-likeness (QED) is 0.892. The summed E-state index contributed by atoms with van der Waals surface area (Å²) in [5.74, 6) is -0.628. The lowest BCUT2D eigenvalue weighted by Gasteiger charge is -2.19. The van der Waals surface area contributed by atoms with E-state index in [9.17, 15) is 9.18 Å². The summed E-state index contributed by atoms with van der Waals surface area (Å²) in [4.78, 5) is 12.0. The number of amides is 1. The fourth-order valence-corrected chi connectivity index (χ4v) is 2.88. The molecule has 1 atom stereocenters. The highest BCUT2D eigenvalue weighted by molar-refractivity contribution is 6.05. The van der Waals surface area contributed by atoms with Gasteiger partial charge in [0.1, 0.15) is 5.82 Å². The van der Waals surface area contributed by atoms with Crippen molar-refractivity contribution in [2.75, 3.05) is 5.32 Å². The molecular formula is C18H19FN2O. The van der Waals surface area contributed by atoms with Gasteiger partial charge in [-0.15, -0.1) is 0 Å². The van der Waals surface area contributed by atoms with Crippen molar-refractivity contribution in [3.8, 4) is 0 Å². The highest BCUT2D eigenvalue weighted by atomic mass is 19.1. The Morgan fingerprint density at radius 2 is 1.91 bits per heavy atom. The molecule has 0 saturated heterocycles. The molecule has 1 amide bonds. The number of nitrogens with two attached hydrogens (primary N) is 1. The number of carbonyl (C=O) groups is 1. The Labute approximate surface area is 129 Å². The lowest BCUT2D eigenvalue weighted by molar-refractivity contribution is -0.119. The van der Waals surface area contributed by atoms with Crippen molar-refractivity contribution < 1.29 is 9.18 Å². The van der Waals surface area contributed by atoms with Gasteiger partial charge in [-0.25, -0.2) is 4.39 Å². The van der Waals surface area contributed by atoms with Crippen LogP contribution in [0.2, 0.25) is 0 Å². The lowest BCUT2D eigenvalue weighted by Crippen LogP contribution is -2.27. The first-order valence-electron chi connectivity index (χ1n) is 7.28. The molecule has 22 heavy (non-hydrogen) atoms. The summed E-state index contributed by atoms with van der Waals surface area (Å²) in [7, 11) is 0. The second-order valence-electron chi connectivity index (χ2n) is 6.40. The number of fused-ring (bicyclic) bond motifs is 1. The number of carbonyl (C=O) groups excluding carboxylic acids is 1. The van der Waals surface area contributed by atoms with Crippen molar-refractivity contribution >= 4 is 11.6 Å². The fourth-order valence-electron chi connectivity index (χ4n) is 2.88. The molecule has 0 aromatic heterocycles. The average Bonchev–Trinajstić information content (AvgIpc) is 2.70. The predicted octanol–water partition coefficient (Wildman–Crippen LogP) is 3.41. The zero-order valence-corrected chi connectivity index (χ0v) is 12.9. The number of hydrogen-bond donors (Lipinski definition) is 2. The normalized spacial score (nSPS) is 17.0. The van der Waals surface area contributed by atoms with E-state index in [2.05, 4.69) is 5.32 Å². The van der Waals surface area contributed by atoms with Crippen molar-refractivity contribution in [1.82, 2.24) is 0 Å². The van der Waals surface area contributed by atoms with Crippen LogP contribution in [0.15, 0.2) is 36.4 Å². The number of nitrogens with one attached hydrogen (secondary N) is 1. The minimum absolute atomic E-state index is 0.192. The van der Waals surface area contributed by atoms with Gasteiger partial charge >= 0.3 is 0 Å². The zero-order valence-electron chi connectivity index (χ0n) is 12.9. The van der Waals surface area contributed by atoms with E-state index in [1.165, 1.54) is 6.07 Å². The first-order chi connectivity index (χ1) is 10.3. The van der Waals surface area contributed by atoms with Crippen LogP contribution in [0.25, 0.3) is 0 Å². The van der Waals surface area contributed by atoms with E-state index in [1.54, 1.807) is 13.8 Å². The number of aryl methyl sites for hydroxylation is 1. The summed E-state index contributed by atoms with van der Waals surface area (Å²) < 4.78 is 14.4. The standard InChI is InChI=1S/C18H19FN2O/c1-10-5-4-6-11(7-10)15(20)12-8-13-16(14(19)9-12)21-17(22)18(13,2)3/h4-9,15H,20H2,1-3H3,(H,21,22). The summed E-state index contributed by atoms with van der Waals surface area (Å²) >= 11 is 0. The Morgan fingerprint density at radius 1 is 1.18 bits per heavy atom. The Bertz CT molecular complexity index is 768. The van der Waals surface area contributed by atoms with Crippen LogP contribution in [0.3, 0.4) is 0 Å². The molecule has 0 fully saturated rings. The highest BCUT2D eigenvalue weighted by Crippen LogP contribution is 2.40. The summed E-state index contributed by atoms with van der Waals surface area (Å²) in [6.07, 6.45) is 0. The highest BCUT2D eigenvalue weighted by Gasteiger charge is 2.40. The number of anilines is 1. The minimum atomic E-state index is -0.751. The van der Waals surface area contributed by atoms with Gasteiger partial charge in [0.2, 0.25) is 5.91 Å². The van der Waals surface area contributed by atoms with E-state index in [4.69, 9.17) is 5.73 Å². The molecule has 0 saturated carbocycles. The van der Waals surface area contributed by atoms with E-state index in [-0.39, 0.29) is 11.6 Å². The van der Waals surface area contributed by atoms with Crippen molar-refractivity contribution in [3.63, 3.8) is 0 Å². The van der Waals surface area contributed by atoms with Crippen LogP contribution < -0.4 is 11.1 Å². The Kier molecular flexibility index (Phi) is 3.29. The molecule has 3 N–H and O–H groups in total. The predicted molar refractivity (Wildman–Crippen MR) is 85.3 cm³/mol. The number of rotatable bonds is 2. The van der Waals surface area contributed by atoms with E-state index < -0.39 is 17.3 Å². The molecule has 3 nitrogen and oxygen atoms in total. The van der Waals surface area contributed by atoms with Gasteiger partial charge < -0.3 is 11.1 Å². The summed E-state index contributed by atoms with van der Waals surface area (Å²) in [6.45, 7) is 5.57. The first kappa shape index (κ1) is 14.7. The molecule has 4 heteroatoms. The molecular weight excluding hydrogens is 279 g/mol. The van der Waals surface area contributed by atoms with Crippen LogP contribution in [-0.4, -0.2) is 5.91 Å². The van der Waals surface area contributed by atoms with E-state index in [1.807, 2.05) is 37.3 Å². The van der Waals surface area contributed by atoms with Crippen LogP contribution in [0.1, 0.15) is 42.1 Å². The van der Waals surface area contributed by atoms with E-state index in [0.717, 1.165) is 11.1 Å². The molecule has 0 bridgehead atoms. The van der Waals surface area contributed by atoms with Gasteiger partial charge in [-0.05, 0) is 43.5 Å². The molecule has 3 rings (SSSR count). The van der Waals surface area contributed by atoms with Gasteiger partial charge in [0.15, 0.2) is 0 Å². The maximum atomic E-state index is 14.4. The van der Waals surface area contributed by atoms with Crippen molar-refractivity contribution in [3.05, 3.63) is 64.5 Å². The van der Waals surface area contributed by atoms with Gasteiger partial charge in [0, 0.05) is 0 Å². The second kappa shape index (κ2) is 4.92. The average molecular weight is 298 g/mol. The van der Waals surface area contributed by atoms with Gasteiger partial charge in [0.25, 0.3) is 0 Å². The first-order valence-corrected chi connectivity index (χ1v) is 7.28. The zero-order chi connectivity index (χ0) is 16.1. The van der Waals surface area contributed by atoms with Gasteiger partial charge in [0.05, 0.1) is 17.1 Å². The third-order valence-corrected chi connectivity index (χ3v) is 4.35. The molecule has 0 spiro atoms. The van der Waals surface area contributed by atoms with E-state index in [0.29, 0.717) is 11.1 Å². The molecule has 1 unspecified atom stereocenters. The van der Waals surface area contributed by atoms with Crippen LogP contribution in [0.5, 0.6) is 0 Å². The van der Waals surface area contributed by atoms with Gasteiger partial charge in [-0.3, -0.25) is 4.79 Å². The molecule has 114 valence electrons. The van der Waals surface area contributed by atoms with Crippen LogP contribution in [0.4, 0.5) is 10.1 Å². The van der Waals surface area contributed by atoms with Crippen molar-refractivity contribution in [2.24, 2.45) is 5.73 Å². The van der Waals surface area contributed by atoms with Crippen molar-refractivity contribution in [2.45, 2.75) is 32.2 Å². The molecule has 2 aromatic rings. The summed E-state index contributed by atoms with van der Waals surface area (Å²) in [5, 5.41) is 2.62. The van der Waals surface area contributed by atoms with Crippen LogP contribution in [-0.2, 0) is 10.2 Å². The number of halogens is 1. The number of benzene rings is 2. The molecule has 0 radical (unpaired) electrons. The fraction of sp³-hybridized carbons (Fsp3) is 0.278. The summed E-state index contributed by atoms with van der Waals surface area (Å²) in [5.41, 5.74) is 9.19. The molecule has 1 aliphatic rings. The molecule has 1 heterocycles. The second-order valence-corrected chi connectivity index (χ2v) is 6.40. The van der Waals surface area contributed by atoms with E-state index >= 15 is 0 Å². The van der Waals surface area contributed by atoms with Gasteiger partial charge in [-0.1, -0.05) is 35.9 Å². The SMILES string of the molecule is Cc1cccc(C(N)c2cc(F)c3c(c2)C(C)(C)C(=O)N3)c1. The maximum Gasteiger partial charge on any atom is 0.234 e. The Balaban J connectivity index is 2.09. The monoisotopic (exact) mass is 298 g/mol. The molecule has 0 aliphatic carbocycles. The third-order valence-electron chi connectivity index (χ3n) is 4.35. The maximum absolute atomic E-state index is 14.4.